The number of nitrogens with one attached hydrogen (secondary N) is 1. The van der Waals surface area contributed by atoms with Gasteiger partial charge in [-0.2, -0.15) is 0 Å². The minimum absolute atomic E-state index is 0.0471. The first-order valence-corrected chi connectivity index (χ1v) is 4.13. The van der Waals surface area contributed by atoms with Crippen LogP contribution in [0.1, 0.15) is 35.3 Å². The average Bonchev–Trinajstić information content (AvgIpc) is 2.44. The van der Waals surface area contributed by atoms with E-state index in [-0.39, 0.29) is 11.9 Å². The Labute approximate surface area is 71.6 Å². The standard InChI is InChI=1S/C10H10NO/c1-2-9-7-5-3-4-6-8(7)10(12)11-9/h4-6,9H,2H2,1H3,(H,11,12). The van der Waals surface area contributed by atoms with Crippen LogP contribution in [-0.2, 0) is 0 Å². The lowest BCUT2D eigenvalue weighted by Gasteiger charge is -2.06. The van der Waals surface area contributed by atoms with Crippen LogP contribution in [0.3, 0.4) is 0 Å². The number of hydrogen-bond donors (Lipinski definition) is 1. The highest BCUT2D eigenvalue weighted by Crippen LogP contribution is 2.26. The minimum Gasteiger partial charge on any atom is -0.345 e. The van der Waals surface area contributed by atoms with E-state index in [2.05, 4.69) is 18.3 Å². The largest absolute Gasteiger partial charge is 0.345 e. The predicted octanol–water partition coefficient (Wildman–Crippen LogP) is 1.68. The Morgan fingerprint density at radius 1 is 1.67 bits per heavy atom. The molecular weight excluding hydrogens is 150 g/mol. The molecule has 1 amide bonds. The molecule has 0 spiro atoms. The average molecular weight is 160 g/mol. The Balaban J connectivity index is 2.50. The third kappa shape index (κ3) is 0.916. The van der Waals surface area contributed by atoms with Crippen molar-refractivity contribution in [3.05, 3.63) is 35.4 Å². The molecule has 2 nitrogen and oxygen atoms in total. The van der Waals surface area contributed by atoms with Crippen LogP contribution in [0.25, 0.3) is 0 Å². The summed E-state index contributed by atoms with van der Waals surface area (Å²) >= 11 is 0. The fourth-order valence-corrected chi connectivity index (χ4v) is 1.57. The van der Waals surface area contributed by atoms with Crippen LogP contribution in [-0.4, -0.2) is 5.91 Å². The number of hydrogen-bond acceptors (Lipinski definition) is 1. The van der Waals surface area contributed by atoms with Gasteiger partial charge in [0.15, 0.2) is 0 Å². The van der Waals surface area contributed by atoms with Crippen molar-refractivity contribution in [2.45, 2.75) is 19.4 Å². The van der Waals surface area contributed by atoms with Gasteiger partial charge in [0.05, 0.1) is 6.04 Å². The van der Waals surface area contributed by atoms with Crippen molar-refractivity contribution < 1.29 is 4.79 Å². The highest BCUT2D eigenvalue weighted by atomic mass is 16.2. The Morgan fingerprint density at radius 3 is 3.25 bits per heavy atom. The summed E-state index contributed by atoms with van der Waals surface area (Å²) in [6.07, 6.45) is 0.941. The molecule has 1 aromatic carbocycles. The molecule has 1 radical (unpaired) electrons. The van der Waals surface area contributed by atoms with Crippen molar-refractivity contribution in [2.24, 2.45) is 0 Å². The fraction of sp³-hybridized carbons (Fsp3) is 0.300. The molecule has 0 bridgehead atoms. The van der Waals surface area contributed by atoms with Gasteiger partial charge >= 0.3 is 0 Å². The van der Waals surface area contributed by atoms with Crippen molar-refractivity contribution in [3.63, 3.8) is 0 Å². The highest BCUT2D eigenvalue weighted by molar-refractivity contribution is 5.99. The molecule has 1 aromatic rings. The van der Waals surface area contributed by atoms with Crippen LogP contribution in [0.15, 0.2) is 18.2 Å². The summed E-state index contributed by atoms with van der Waals surface area (Å²) in [7, 11) is 0. The van der Waals surface area contributed by atoms with Crippen molar-refractivity contribution in [3.8, 4) is 0 Å². The van der Waals surface area contributed by atoms with Crippen LogP contribution < -0.4 is 5.32 Å². The lowest BCUT2D eigenvalue weighted by atomic mass is 10.0. The van der Waals surface area contributed by atoms with Crippen molar-refractivity contribution >= 4 is 5.91 Å². The third-order valence-corrected chi connectivity index (χ3v) is 2.23. The first-order valence-electron chi connectivity index (χ1n) is 4.13. The fourth-order valence-electron chi connectivity index (χ4n) is 1.57. The van der Waals surface area contributed by atoms with Gasteiger partial charge in [-0.05, 0) is 30.2 Å². The predicted molar refractivity (Wildman–Crippen MR) is 45.8 cm³/mol. The Kier molecular flexibility index (Phi) is 1.61. The van der Waals surface area contributed by atoms with E-state index in [0.29, 0.717) is 0 Å². The van der Waals surface area contributed by atoms with Crippen LogP contribution in [0.5, 0.6) is 0 Å². The Morgan fingerprint density at radius 2 is 2.50 bits per heavy atom. The highest BCUT2D eigenvalue weighted by Gasteiger charge is 2.25. The van der Waals surface area contributed by atoms with E-state index < -0.39 is 0 Å². The van der Waals surface area contributed by atoms with Gasteiger partial charge in [0.1, 0.15) is 0 Å². The van der Waals surface area contributed by atoms with Crippen molar-refractivity contribution in [1.29, 1.82) is 0 Å². The second-order valence-corrected chi connectivity index (χ2v) is 2.95. The SMILES string of the molecule is CCC1NC(=O)c2cc[c]cc21. The van der Waals surface area contributed by atoms with E-state index in [0.717, 1.165) is 17.5 Å². The molecule has 1 heterocycles. The molecule has 0 aliphatic carbocycles. The van der Waals surface area contributed by atoms with E-state index >= 15 is 0 Å². The summed E-state index contributed by atoms with van der Waals surface area (Å²) in [4.78, 5) is 11.3. The maximum atomic E-state index is 11.3. The topological polar surface area (TPSA) is 29.1 Å². The third-order valence-electron chi connectivity index (χ3n) is 2.23. The van der Waals surface area contributed by atoms with Crippen LogP contribution in [0, 0.1) is 6.07 Å². The number of carbonyl (C=O) groups is 1. The van der Waals surface area contributed by atoms with E-state index in [1.807, 2.05) is 12.1 Å². The Bertz CT molecular complexity index is 319. The molecule has 0 fully saturated rings. The molecule has 1 unspecified atom stereocenters. The van der Waals surface area contributed by atoms with Crippen molar-refractivity contribution in [1.82, 2.24) is 5.32 Å². The molecule has 2 rings (SSSR count). The zero-order chi connectivity index (χ0) is 8.55. The van der Waals surface area contributed by atoms with E-state index in [1.54, 1.807) is 6.07 Å². The first-order chi connectivity index (χ1) is 5.83. The summed E-state index contributed by atoms with van der Waals surface area (Å²) in [5.41, 5.74) is 1.89. The first kappa shape index (κ1) is 7.35. The molecule has 1 N–H and O–H groups in total. The number of fused-ring (bicyclic) bond motifs is 1. The molecule has 61 valence electrons. The monoisotopic (exact) mass is 160 g/mol. The number of carbonyl (C=O) groups excluding carboxylic acids is 1. The maximum absolute atomic E-state index is 11.3. The van der Waals surface area contributed by atoms with E-state index in [9.17, 15) is 4.79 Å². The molecular formula is C10H10NO. The molecule has 2 heteroatoms. The number of rotatable bonds is 1. The number of benzene rings is 1. The molecule has 0 saturated heterocycles. The van der Waals surface area contributed by atoms with Crippen LogP contribution in [0.4, 0.5) is 0 Å². The minimum atomic E-state index is 0.0471. The van der Waals surface area contributed by atoms with Gasteiger partial charge in [0, 0.05) is 5.56 Å². The van der Waals surface area contributed by atoms with Crippen LogP contribution in [0.2, 0.25) is 0 Å². The molecule has 0 aromatic heterocycles. The summed E-state index contributed by atoms with van der Waals surface area (Å²) < 4.78 is 0. The maximum Gasteiger partial charge on any atom is 0.252 e. The second-order valence-electron chi connectivity index (χ2n) is 2.95. The van der Waals surface area contributed by atoms with Gasteiger partial charge in [0.25, 0.3) is 5.91 Å². The zero-order valence-electron chi connectivity index (χ0n) is 6.92. The van der Waals surface area contributed by atoms with Gasteiger partial charge in [-0.3, -0.25) is 4.79 Å². The van der Waals surface area contributed by atoms with Crippen molar-refractivity contribution in [2.75, 3.05) is 0 Å². The summed E-state index contributed by atoms with van der Waals surface area (Å²) in [6.45, 7) is 2.06. The summed E-state index contributed by atoms with van der Waals surface area (Å²) in [5.74, 6) is 0.0471. The lowest BCUT2D eigenvalue weighted by molar-refractivity contribution is 0.0955. The number of amides is 1. The smallest absolute Gasteiger partial charge is 0.252 e. The lowest BCUT2D eigenvalue weighted by Crippen LogP contribution is -2.17. The van der Waals surface area contributed by atoms with Gasteiger partial charge < -0.3 is 5.32 Å². The summed E-state index contributed by atoms with van der Waals surface area (Å²) in [6, 6.07) is 8.67. The van der Waals surface area contributed by atoms with Gasteiger partial charge in [-0.15, -0.1) is 0 Å². The zero-order valence-corrected chi connectivity index (χ0v) is 6.92. The molecule has 0 saturated carbocycles. The van der Waals surface area contributed by atoms with E-state index in [4.69, 9.17) is 0 Å². The summed E-state index contributed by atoms with van der Waals surface area (Å²) in [5, 5.41) is 2.91. The molecule has 1 aliphatic rings. The van der Waals surface area contributed by atoms with Gasteiger partial charge in [-0.25, -0.2) is 0 Å². The van der Waals surface area contributed by atoms with Gasteiger partial charge in [-0.1, -0.05) is 13.0 Å². The molecule has 12 heavy (non-hydrogen) atoms. The second kappa shape index (κ2) is 2.63. The van der Waals surface area contributed by atoms with Gasteiger partial charge in [0.2, 0.25) is 0 Å². The quantitative estimate of drug-likeness (QED) is 0.665. The van der Waals surface area contributed by atoms with E-state index in [1.165, 1.54) is 0 Å². The normalized spacial score (nSPS) is 20.4. The van der Waals surface area contributed by atoms with Crippen LogP contribution >= 0.6 is 0 Å². The molecule has 1 atom stereocenters. The Hall–Kier alpha value is -1.31. The molecule has 1 aliphatic heterocycles.